The molecule has 0 radical (unpaired) electrons. The molecular weight excluding hydrogens is 466 g/mol. The van der Waals surface area contributed by atoms with Crippen LogP contribution in [0.2, 0.25) is 0 Å². The third kappa shape index (κ3) is 3.57. The minimum atomic E-state index is -0.463. The van der Waals surface area contributed by atoms with Crippen molar-refractivity contribution in [2.45, 2.75) is 0 Å². The lowest BCUT2D eigenvalue weighted by Gasteiger charge is -1.99. The van der Waals surface area contributed by atoms with Crippen LogP contribution < -0.4 is 15.7 Å². The lowest BCUT2D eigenvalue weighted by Crippen LogP contribution is -2.26. The molecule has 0 amide bonds. The second-order valence-electron chi connectivity index (χ2n) is 7.43. The summed E-state index contributed by atoms with van der Waals surface area (Å²) < 4.78 is 3.42. The predicted octanol–water partition coefficient (Wildman–Crippen LogP) is 3.64. The fraction of sp³-hybridized carbons (Fsp3) is 0. The van der Waals surface area contributed by atoms with E-state index in [1.165, 1.54) is 4.52 Å². The molecule has 0 N–H and O–H groups in total. The first kappa shape index (κ1) is 20.4. The molecule has 0 spiro atoms. The highest BCUT2D eigenvalue weighted by Crippen LogP contribution is 2.28. The van der Waals surface area contributed by atoms with E-state index in [-0.39, 0.29) is 16.2 Å². The number of aromatic nitrogens is 5. The molecule has 0 fully saturated rings. The van der Waals surface area contributed by atoms with Gasteiger partial charge >= 0.3 is 5.56 Å². The number of benzene rings is 2. The summed E-state index contributed by atoms with van der Waals surface area (Å²) in [6.07, 6.45) is 3.69. The maximum atomic E-state index is 13.2. The number of thiophene rings is 1. The minimum Gasteiger partial charge on any atom is -0.266 e. The van der Waals surface area contributed by atoms with Gasteiger partial charge in [-0.15, -0.1) is 11.3 Å². The van der Waals surface area contributed by atoms with Gasteiger partial charge in [0.15, 0.2) is 5.69 Å². The van der Waals surface area contributed by atoms with Gasteiger partial charge in [-0.2, -0.15) is 19.7 Å². The van der Waals surface area contributed by atoms with Crippen LogP contribution in [0.3, 0.4) is 0 Å². The van der Waals surface area contributed by atoms with Crippen molar-refractivity contribution >= 4 is 33.7 Å². The Hall–Kier alpha value is -4.21. The summed E-state index contributed by atoms with van der Waals surface area (Å²) in [6.45, 7) is 0. The van der Waals surface area contributed by atoms with Gasteiger partial charge in [-0.05, 0) is 29.7 Å². The Balaban J connectivity index is 1.54. The summed E-state index contributed by atoms with van der Waals surface area (Å²) in [4.78, 5) is 31.2. The van der Waals surface area contributed by atoms with Crippen molar-refractivity contribution in [3.63, 3.8) is 0 Å². The van der Waals surface area contributed by atoms with Gasteiger partial charge in [-0.1, -0.05) is 65.9 Å². The van der Waals surface area contributed by atoms with Crippen LogP contribution in [0.4, 0.5) is 0 Å². The number of hydrogen-bond acceptors (Lipinski definition) is 7. The molecule has 2 aromatic carbocycles. The Morgan fingerprint density at radius 2 is 1.59 bits per heavy atom. The van der Waals surface area contributed by atoms with Gasteiger partial charge in [-0.25, -0.2) is 4.68 Å². The van der Waals surface area contributed by atoms with Gasteiger partial charge < -0.3 is 0 Å². The average molecular weight is 482 g/mol. The first-order valence-electron chi connectivity index (χ1n) is 10.4. The highest BCUT2D eigenvalue weighted by Gasteiger charge is 2.15. The zero-order valence-corrected chi connectivity index (χ0v) is 19.2. The molecule has 0 aliphatic rings. The summed E-state index contributed by atoms with van der Waals surface area (Å²) in [7, 11) is 0. The van der Waals surface area contributed by atoms with Gasteiger partial charge in [0.1, 0.15) is 5.69 Å². The second-order valence-corrected chi connectivity index (χ2v) is 9.39. The highest BCUT2D eigenvalue weighted by molar-refractivity contribution is 7.15. The standard InChI is InChI=1S/C25H15N5O2S2/c31-23-22(16-8-3-1-4-9-16)28-30-24(32)20(34-25(30)26-23)14-17-15-29(18-10-5-2-6-11-18)27-21(17)19-12-7-13-33-19/h1-15H. The minimum absolute atomic E-state index is 0.149. The average Bonchev–Trinajstić information content (AvgIpc) is 3.60. The molecule has 4 heterocycles. The molecule has 6 aromatic rings. The topological polar surface area (TPSA) is 82.1 Å². The van der Waals surface area contributed by atoms with Crippen molar-refractivity contribution < 1.29 is 0 Å². The quantitative estimate of drug-likeness (QED) is 0.384. The molecule has 0 atom stereocenters. The third-order valence-electron chi connectivity index (χ3n) is 5.24. The van der Waals surface area contributed by atoms with Crippen LogP contribution in [0.1, 0.15) is 5.56 Å². The van der Waals surface area contributed by atoms with Gasteiger partial charge in [0.05, 0.1) is 15.1 Å². The van der Waals surface area contributed by atoms with Crippen LogP contribution in [-0.2, 0) is 0 Å². The van der Waals surface area contributed by atoms with Crippen LogP contribution in [0.5, 0.6) is 0 Å². The summed E-state index contributed by atoms with van der Waals surface area (Å²) in [5.74, 6) is 0. The van der Waals surface area contributed by atoms with Crippen LogP contribution >= 0.6 is 22.7 Å². The molecule has 9 heteroatoms. The molecule has 0 bridgehead atoms. The number of thiazole rings is 1. The molecule has 4 aromatic heterocycles. The summed E-state index contributed by atoms with van der Waals surface area (Å²) >= 11 is 2.71. The van der Waals surface area contributed by atoms with Gasteiger partial charge in [0.2, 0.25) is 4.96 Å². The van der Waals surface area contributed by atoms with E-state index in [9.17, 15) is 9.59 Å². The van der Waals surface area contributed by atoms with Crippen molar-refractivity contribution in [3.8, 4) is 27.5 Å². The van der Waals surface area contributed by atoms with E-state index in [0.717, 1.165) is 33.2 Å². The Bertz CT molecular complexity index is 1790. The lowest BCUT2D eigenvalue weighted by molar-refractivity contribution is 0.873. The van der Waals surface area contributed by atoms with Gasteiger partial charge in [0.25, 0.3) is 5.56 Å². The number of hydrogen-bond donors (Lipinski definition) is 0. The van der Waals surface area contributed by atoms with Gasteiger partial charge in [0, 0.05) is 17.3 Å². The van der Waals surface area contributed by atoms with Crippen LogP contribution in [0.25, 0.3) is 38.6 Å². The van der Waals surface area contributed by atoms with Crippen molar-refractivity contribution in [1.29, 1.82) is 0 Å². The zero-order valence-electron chi connectivity index (χ0n) is 17.5. The van der Waals surface area contributed by atoms with Crippen molar-refractivity contribution in [2.75, 3.05) is 0 Å². The van der Waals surface area contributed by atoms with E-state index < -0.39 is 5.56 Å². The monoisotopic (exact) mass is 481 g/mol. The van der Waals surface area contributed by atoms with E-state index in [2.05, 4.69) is 10.1 Å². The first-order chi connectivity index (χ1) is 16.7. The second kappa shape index (κ2) is 8.29. The van der Waals surface area contributed by atoms with E-state index in [4.69, 9.17) is 5.10 Å². The maximum Gasteiger partial charge on any atom is 0.300 e. The molecule has 0 saturated heterocycles. The van der Waals surface area contributed by atoms with E-state index in [1.807, 2.05) is 72.2 Å². The lowest BCUT2D eigenvalue weighted by atomic mass is 10.2. The zero-order chi connectivity index (χ0) is 23.1. The molecule has 6 rings (SSSR count). The molecule has 164 valence electrons. The molecule has 34 heavy (non-hydrogen) atoms. The van der Waals surface area contributed by atoms with Crippen LogP contribution in [-0.4, -0.2) is 24.4 Å². The Kier molecular flexibility index (Phi) is 4.97. The van der Waals surface area contributed by atoms with Gasteiger partial charge in [-0.3, -0.25) is 9.59 Å². The summed E-state index contributed by atoms with van der Waals surface area (Å²) in [6, 6.07) is 22.8. The molecular formula is C25H15N5O2S2. The van der Waals surface area contributed by atoms with Crippen molar-refractivity contribution in [2.24, 2.45) is 0 Å². The summed E-state index contributed by atoms with van der Waals surface area (Å²) in [5.41, 5.74) is 2.46. The van der Waals surface area contributed by atoms with Crippen molar-refractivity contribution in [1.82, 2.24) is 24.4 Å². The van der Waals surface area contributed by atoms with Crippen LogP contribution in [0.15, 0.2) is 94.0 Å². The smallest absolute Gasteiger partial charge is 0.266 e. The van der Waals surface area contributed by atoms with E-state index in [0.29, 0.717) is 10.1 Å². The molecule has 0 saturated carbocycles. The predicted molar refractivity (Wildman–Crippen MR) is 135 cm³/mol. The highest BCUT2D eigenvalue weighted by atomic mass is 32.1. The van der Waals surface area contributed by atoms with E-state index >= 15 is 0 Å². The number of fused-ring (bicyclic) bond motifs is 1. The number of rotatable bonds is 4. The van der Waals surface area contributed by atoms with E-state index in [1.54, 1.807) is 34.2 Å². The Morgan fingerprint density at radius 1 is 0.824 bits per heavy atom. The molecule has 0 aliphatic carbocycles. The Morgan fingerprint density at radius 3 is 2.32 bits per heavy atom. The number of nitrogens with zero attached hydrogens (tertiary/aromatic N) is 5. The maximum absolute atomic E-state index is 13.2. The fourth-order valence-electron chi connectivity index (χ4n) is 3.64. The Labute approximate surface area is 200 Å². The largest absolute Gasteiger partial charge is 0.300 e. The summed E-state index contributed by atoms with van der Waals surface area (Å²) in [5, 5.41) is 11.1. The van der Waals surface area contributed by atoms with Crippen LogP contribution in [0, 0.1) is 0 Å². The fourth-order valence-corrected chi connectivity index (χ4v) is 5.26. The first-order valence-corrected chi connectivity index (χ1v) is 12.1. The molecule has 0 unspecified atom stereocenters. The third-order valence-corrected chi connectivity index (χ3v) is 7.07. The molecule has 7 nitrogen and oxygen atoms in total. The molecule has 0 aliphatic heterocycles. The SMILES string of the molecule is O=c1nc2sc(=Cc3cn(-c4ccccc4)nc3-c3cccs3)c(=O)n2nc1-c1ccccc1. The normalized spacial score (nSPS) is 11.9. The number of para-hydroxylation sites is 1. The van der Waals surface area contributed by atoms with Crippen molar-refractivity contribution in [3.05, 3.63) is 115 Å².